The molecule has 0 unspecified atom stereocenters. The van der Waals surface area contributed by atoms with Crippen molar-refractivity contribution in [3.8, 4) is 5.69 Å². The van der Waals surface area contributed by atoms with Gasteiger partial charge in [0, 0.05) is 6.54 Å². The van der Waals surface area contributed by atoms with Crippen LogP contribution in [0.1, 0.15) is 22.5 Å². The molecule has 1 heterocycles. The Morgan fingerprint density at radius 1 is 0.793 bits per heavy atom. The molecule has 0 aliphatic heterocycles. The fourth-order valence-corrected chi connectivity index (χ4v) is 2.70. The van der Waals surface area contributed by atoms with Gasteiger partial charge in [-0.15, -0.1) is 5.10 Å². The zero-order valence-corrected chi connectivity index (χ0v) is 15.0. The molecule has 0 bridgehead atoms. The van der Waals surface area contributed by atoms with Crippen LogP contribution in [0, 0.1) is 0 Å². The Bertz CT molecular complexity index is 945. The first-order chi connectivity index (χ1) is 13.5. The summed E-state index contributed by atoms with van der Waals surface area (Å²) in [6.07, 6.45) is -8.84. The van der Waals surface area contributed by atoms with Crippen LogP contribution in [0.25, 0.3) is 5.69 Å². The molecule has 0 saturated carbocycles. The van der Waals surface area contributed by atoms with Crippen LogP contribution in [0.3, 0.4) is 0 Å². The van der Waals surface area contributed by atoms with Gasteiger partial charge in [-0.05, 0) is 59.4 Å². The van der Waals surface area contributed by atoms with Crippen LogP contribution < -0.4 is 0 Å². The van der Waals surface area contributed by atoms with E-state index in [2.05, 4.69) is 15.5 Å². The van der Waals surface area contributed by atoms with E-state index in [1.165, 1.54) is 28.9 Å². The van der Waals surface area contributed by atoms with Gasteiger partial charge < -0.3 is 0 Å². The Balaban J connectivity index is 1.69. The number of alkyl halides is 6. The quantitative estimate of drug-likeness (QED) is 0.582. The lowest BCUT2D eigenvalue weighted by Crippen LogP contribution is -2.20. The van der Waals surface area contributed by atoms with Crippen molar-refractivity contribution >= 4 is 0 Å². The van der Waals surface area contributed by atoms with Crippen LogP contribution in [0.4, 0.5) is 26.3 Å². The summed E-state index contributed by atoms with van der Waals surface area (Å²) in [7, 11) is 1.73. The molecule has 0 aliphatic carbocycles. The van der Waals surface area contributed by atoms with Gasteiger partial charge in [0.05, 0.1) is 23.4 Å². The molecule has 0 N–H and O–H groups in total. The lowest BCUT2D eigenvalue weighted by atomic mass is 10.1. The van der Waals surface area contributed by atoms with Gasteiger partial charge >= 0.3 is 12.4 Å². The number of tetrazole rings is 1. The van der Waals surface area contributed by atoms with E-state index in [1.54, 1.807) is 11.9 Å². The first-order valence-electron chi connectivity index (χ1n) is 8.33. The molecule has 0 fully saturated rings. The first-order valence-corrected chi connectivity index (χ1v) is 8.33. The second-order valence-corrected chi connectivity index (χ2v) is 6.42. The molecule has 0 radical (unpaired) electrons. The maximum absolute atomic E-state index is 12.7. The highest BCUT2D eigenvalue weighted by molar-refractivity contribution is 5.35. The van der Waals surface area contributed by atoms with E-state index < -0.39 is 23.5 Å². The smallest absolute Gasteiger partial charge is 0.295 e. The van der Waals surface area contributed by atoms with Gasteiger partial charge in [0.1, 0.15) is 0 Å². The van der Waals surface area contributed by atoms with Crippen molar-refractivity contribution in [1.82, 2.24) is 25.1 Å². The SMILES string of the molecule is CN(Cc1ccc(C(F)(F)F)cc1)Cc1nnnn1-c1ccc(C(F)(F)F)cc1. The number of nitrogens with zero attached hydrogens (tertiary/aromatic N) is 5. The van der Waals surface area contributed by atoms with E-state index in [9.17, 15) is 26.3 Å². The normalized spacial score (nSPS) is 12.6. The Labute approximate surface area is 161 Å². The molecule has 0 saturated heterocycles. The van der Waals surface area contributed by atoms with Crippen molar-refractivity contribution in [2.24, 2.45) is 0 Å². The second-order valence-electron chi connectivity index (χ2n) is 6.42. The Hall–Kier alpha value is -2.95. The summed E-state index contributed by atoms with van der Waals surface area (Å²) < 4.78 is 77.3. The molecule has 5 nitrogen and oxygen atoms in total. The maximum atomic E-state index is 12.7. The van der Waals surface area contributed by atoms with E-state index in [0.29, 0.717) is 23.6 Å². The van der Waals surface area contributed by atoms with Crippen molar-refractivity contribution in [2.75, 3.05) is 7.05 Å². The van der Waals surface area contributed by atoms with E-state index in [4.69, 9.17) is 0 Å². The highest BCUT2D eigenvalue weighted by atomic mass is 19.4. The summed E-state index contributed by atoms with van der Waals surface area (Å²) in [5.74, 6) is 0.374. The summed E-state index contributed by atoms with van der Waals surface area (Å²) in [5, 5.41) is 11.2. The van der Waals surface area contributed by atoms with Crippen LogP contribution in [0.2, 0.25) is 0 Å². The maximum Gasteiger partial charge on any atom is 0.416 e. The van der Waals surface area contributed by atoms with E-state index in [-0.39, 0.29) is 6.54 Å². The molecule has 2 aromatic carbocycles. The van der Waals surface area contributed by atoms with Gasteiger partial charge in [0.2, 0.25) is 0 Å². The van der Waals surface area contributed by atoms with Gasteiger partial charge in [-0.1, -0.05) is 12.1 Å². The lowest BCUT2D eigenvalue weighted by Gasteiger charge is -2.17. The third-order valence-corrected chi connectivity index (χ3v) is 4.12. The standard InChI is InChI=1S/C18H15F6N5/c1-28(10-12-2-4-13(5-3-12)17(19,20)21)11-16-25-26-27-29(16)15-8-6-14(7-9-15)18(22,23)24/h2-9H,10-11H2,1H3. The summed E-state index contributed by atoms with van der Waals surface area (Å²) in [5.41, 5.74) is -0.486. The molecule has 3 rings (SSSR count). The van der Waals surface area contributed by atoms with Crippen LogP contribution >= 0.6 is 0 Å². The third kappa shape index (κ3) is 5.11. The van der Waals surface area contributed by atoms with Crippen molar-refractivity contribution in [3.63, 3.8) is 0 Å². The Morgan fingerprint density at radius 3 is 1.83 bits per heavy atom. The zero-order chi connectivity index (χ0) is 21.2. The third-order valence-electron chi connectivity index (χ3n) is 4.12. The predicted octanol–water partition coefficient (Wildman–Crippen LogP) is 4.33. The Morgan fingerprint density at radius 2 is 1.31 bits per heavy atom. The molecule has 11 heteroatoms. The first kappa shape index (κ1) is 20.8. The molecule has 29 heavy (non-hydrogen) atoms. The molecule has 1 aromatic heterocycles. The van der Waals surface area contributed by atoms with E-state index in [0.717, 1.165) is 24.3 Å². The van der Waals surface area contributed by atoms with Crippen LogP contribution in [0.15, 0.2) is 48.5 Å². The van der Waals surface area contributed by atoms with E-state index in [1.807, 2.05) is 0 Å². The molecule has 0 aliphatic rings. The van der Waals surface area contributed by atoms with Crippen LogP contribution in [-0.4, -0.2) is 32.2 Å². The van der Waals surface area contributed by atoms with Crippen molar-refractivity contribution in [2.45, 2.75) is 25.4 Å². The fraction of sp³-hybridized carbons (Fsp3) is 0.278. The number of halogens is 6. The molecule has 0 spiro atoms. The monoisotopic (exact) mass is 415 g/mol. The highest BCUT2D eigenvalue weighted by Gasteiger charge is 2.30. The summed E-state index contributed by atoms with van der Waals surface area (Å²) in [4.78, 5) is 1.77. The summed E-state index contributed by atoms with van der Waals surface area (Å²) >= 11 is 0. The van der Waals surface area contributed by atoms with Gasteiger partial charge in [0.15, 0.2) is 5.82 Å². The largest absolute Gasteiger partial charge is 0.416 e. The minimum atomic E-state index is -4.44. The molecule has 0 atom stereocenters. The topological polar surface area (TPSA) is 46.8 Å². The van der Waals surface area contributed by atoms with Gasteiger partial charge in [0.25, 0.3) is 0 Å². The highest BCUT2D eigenvalue weighted by Crippen LogP contribution is 2.30. The zero-order valence-electron chi connectivity index (χ0n) is 15.0. The number of hydrogen-bond donors (Lipinski definition) is 0. The molecule has 154 valence electrons. The summed E-state index contributed by atoms with van der Waals surface area (Å²) in [6.45, 7) is 0.563. The predicted molar refractivity (Wildman–Crippen MR) is 90.8 cm³/mol. The summed E-state index contributed by atoms with van der Waals surface area (Å²) in [6, 6.07) is 9.19. The molecule has 3 aromatic rings. The number of hydrogen-bond acceptors (Lipinski definition) is 4. The van der Waals surface area contributed by atoms with Gasteiger partial charge in [-0.3, -0.25) is 4.90 Å². The van der Waals surface area contributed by atoms with Gasteiger partial charge in [-0.2, -0.15) is 31.0 Å². The minimum Gasteiger partial charge on any atom is -0.295 e. The number of rotatable bonds is 5. The van der Waals surface area contributed by atoms with E-state index >= 15 is 0 Å². The lowest BCUT2D eigenvalue weighted by molar-refractivity contribution is -0.138. The average molecular weight is 415 g/mol. The van der Waals surface area contributed by atoms with Gasteiger partial charge in [-0.25, -0.2) is 0 Å². The Kier molecular flexibility index (Phi) is 5.60. The van der Waals surface area contributed by atoms with Crippen LogP contribution in [0.5, 0.6) is 0 Å². The second kappa shape index (κ2) is 7.82. The van der Waals surface area contributed by atoms with Crippen molar-refractivity contribution in [1.29, 1.82) is 0 Å². The molecular weight excluding hydrogens is 400 g/mol. The van der Waals surface area contributed by atoms with Crippen LogP contribution in [-0.2, 0) is 25.4 Å². The number of aromatic nitrogens is 4. The molecule has 0 amide bonds. The van der Waals surface area contributed by atoms with Crippen molar-refractivity contribution in [3.05, 3.63) is 71.0 Å². The van der Waals surface area contributed by atoms with Crippen molar-refractivity contribution < 1.29 is 26.3 Å². The molecular formula is C18H15F6N5. The average Bonchev–Trinajstić information content (AvgIpc) is 3.08. The minimum absolute atomic E-state index is 0.231. The number of benzene rings is 2. The fourth-order valence-electron chi connectivity index (χ4n) is 2.70.